The number of terminal acetylenes is 1. The molecule has 1 amide bonds. The lowest BCUT2D eigenvalue weighted by Gasteiger charge is -2.30. The Morgan fingerprint density at radius 2 is 1.83 bits per heavy atom. The number of carboxylic acids is 1. The molecular weight excluding hydrogens is 382 g/mol. The Hall–Kier alpha value is -2.03. The quantitative estimate of drug-likeness (QED) is 0.105. The zero-order valence-electron chi connectivity index (χ0n) is 16.5. The van der Waals surface area contributed by atoms with E-state index in [1.807, 2.05) is 0 Å². The lowest BCUT2D eigenvalue weighted by atomic mass is 9.83. The number of amides is 1. The summed E-state index contributed by atoms with van der Waals surface area (Å²) >= 11 is 0. The van der Waals surface area contributed by atoms with Gasteiger partial charge in [0.25, 0.3) is 0 Å². The van der Waals surface area contributed by atoms with Crippen LogP contribution in [0.3, 0.4) is 0 Å². The molecule has 10 nitrogen and oxygen atoms in total. The summed E-state index contributed by atoms with van der Waals surface area (Å²) in [5, 5.41) is 41.3. The highest BCUT2D eigenvalue weighted by molar-refractivity contribution is 5.87. The first-order valence-corrected chi connectivity index (χ1v) is 9.62. The van der Waals surface area contributed by atoms with Crippen molar-refractivity contribution in [3.05, 3.63) is 0 Å². The third-order valence-corrected chi connectivity index (χ3v) is 5.22. The summed E-state index contributed by atoms with van der Waals surface area (Å²) in [7, 11) is 1.54. The third kappa shape index (κ3) is 5.98. The first kappa shape index (κ1) is 25.0. The molecular formula is C19H31N3O7. The van der Waals surface area contributed by atoms with Crippen molar-refractivity contribution in [3.63, 3.8) is 0 Å². The summed E-state index contributed by atoms with van der Waals surface area (Å²) in [5.74, 6) is -0.764. The molecule has 0 radical (unpaired) electrons. The monoisotopic (exact) mass is 413 g/mol. The van der Waals surface area contributed by atoms with E-state index in [2.05, 4.69) is 11.2 Å². The normalized spacial score (nSPS) is 30.8. The minimum Gasteiger partial charge on any atom is -0.481 e. The van der Waals surface area contributed by atoms with Crippen molar-refractivity contribution >= 4 is 18.2 Å². The molecule has 1 saturated carbocycles. The average Bonchev–Trinajstić information content (AvgIpc) is 3.42. The van der Waals surface area contributed by atoms with Crippen LogP contribution in [-0.2, 0) is 14.4 Å². The molecule has 0 aromatic carbocycles. The van der Waals surface area contributed by atoms with Crippen molar-refractivity contribution < 1.29 is 34.8 Å². The number of aliphatic hydroxyl groups excluding tert-OH is 3. The number of nitrogens with two attached hydrogens (primary N) is 1. The molecule has 2 aliphatic rings. The largest absolute Gasteiger partial charge is 0.481 e. The number of carboxylic acid groups (broad SMARTS) is 1. The number of hydrogen-bond donors (Lipinski definition) is 6. The van der Waals surface area contributed by atoms with E-state index in [4.69, 9.17) is 17.3 Å². The highest BCUT2D eigenvalue weighted by Gasteiger charge is 2.68. The van der Waals surface area contributed by atoms with Gasteiger partial charge in [0.05, 0.1) is 24.2 Å². The van der Waals surface area contributed by atoms with Gasteiger partial charge in [0, 0.05) is 12.8 Å². The van der Waals surface area contributed by atoms with Crippen LogP contribution in [0.1, 0.15) is 32.1 Å². The number of aldehydes is 1. The van der Waals surface area contributed by atoms with Gasteiger partial charge in [0.15, 0.2) is 0 Å². The fourth-order valence-electron chi connectivity index (χ4n) is 3.58. The summed E-state index contributed by atoms with van der Waals surface area (Å²) in [5.41, 5.74) is 5.22. The smallest absolute Gasteiger partial charge is 0.311 e. The molecule has 7 unspecified atom stereocenters. The van der Waals surface area contributed by atoms with Crippen molar-refractivity contribution in [3.8, 4) is 12.3 Å². The predicted octanol–water partition coefficient (Wildman–Crippen LogP) is -2.32. The number of aliphatic hydroxyl groups is 3. The van der Waals surface area contributed by atoms with E-state index >= 15 is 0 Å². The van der Waals surface area contributed by atoms with E-state index in [0.29, 0.717) is 6.42 Å². The lowest BCUT2D eigenvalue weighted by molar-refractivity contribution is -0.156. The van der Waals surface area contributed by atoms with Gasteiger partial charge < -0.3 is 41.2 Å². The Kier molecular flexibility index (Phi) is 10.2. The zero-order chi connectivity index (χ0) is 22.1. The van der Waals surface area contributed by atoms with Crippen LogP contribution in [0, 0.1) is 18.3 Å². The highest BCUT2D eigenvalue weighted by atomic mass is 16.4. The number of hydrogen-bond acceptors (Lipinski definition) is 8. The molecule has 2 rings (SSSR count). The van der Waals surface area contributed by atoms with Crippen LogP contribution in [-0.4, -0.2) is 93.5 Å². The van der Waals surface area contributed by atoms with Gasteiger partial charge in [-0.15, -0.1) is 12.3 Å². The number of carbonyl (C=O) groups is 3. The molecule has 7 N–H and O–H groups in total. The van der Waals surface area contributed by atoms with E-state index in [-0.39, 0.29) is 6.42 Å². The van der Waals surface area contributed by atoms with Crippen molar-refractivity contribution in [2.75, 3.05) is 13.6 Å². The van der Waals surface area contributed by atoms with Crippen LogP contribution in [0.25, 0.3) is 0 Å². The minimum absolute atomic E-state index is 0.115. The van der Waals surface area contributed by atoms with E-state index in [1.54, 1.807) is 7.05 Å². The SMILES string of the molecule is C#CCC(NC)C(=O)N1C2C(O)C(O)C(O)C(C(=O)O)C21.NCCCCCC=O. The molecule has 0 bridgehead atoms. The fourth-order valence-corrected chi connectivity index (χ4v) is 3.58. The van der Waals surface area contributed by atoms with Crippen molar-refractivity contribution in [2.45, 2.75) is 68.5 Å². The number of carbonyl (C=O) groups excluding carboxylic acids is 2. The molecule has 2 fully saturated rings. The van der Waals surface area contributed by atoms with Gasteiger partial charge in [-0.3, -0.25) is 9.59 Å². The molecule has 10 heteroatoms. The molecule has 0 spiro atoms. The fraction of sp³-hybridized carbons (Fsp3) is 0.737. The Morgan fingerprint density at radius 1 is 1.17 bits per heavy atom. The maximum Gasteiger partial charge on any atom is 0.311 e. The van der Waals surface area contributed by atoms with Gasteiger partial charge in [-0.05, 0) is 26.4 Å². The average molecular weight is 413 g/mol. The van der Waals surface area contributed by atoms with Crippen molar-refractivity contribution in [2.24, 2.45) is 11.7 Å². The summed E-state index contributed by atoms with van der Waals surface area (Å²) in [6, 6.07) is -2.35. The number of fused-ring (bicyclic) bond motifs is 1. The molecule has 1 saturated heterocycles. The van der Waals surface area contributed by atoms with Crippen LogP contribution in [0.15, 0.2) is 0 Å². The standard InChI is InChI=1S/C13H18N2O6.C6H13NO/c1-3-4-5(14-2)12(19)15-7-6(13(20)21)9(16)11(18)10(17)8(7)15;7-5-3-1-2-4-6-8/h1,5-11,14,16-18H,4H2,2H3,(H,20,21);6H,1-5,7H2. The first-order chi connectivity index (χ1) is 13.8. The predicted molar refractivity (Wildman–Crippen MR) is 103 cm³/mol. The number of rotatable bonds is 9. The molecule has 1 heterocycles. The lowest BCUT2D eigenvalue weighted by Crippen LogP contribution is -2.53. The number of nitrogens with zero attached hydrogens (tertiary/aromatic N) is 1. The number of likely N-dealkylation sites (N-methyl/N-ethyl adjacent to an activating group) is 1. The van der Waals surface area contributed by atoms with Crippen LogP contribution in [0.5, 0.6) is 0 Å². The Balaban J connectivity index is 0.000000447. The summed E-state index contributed by atoms with van der Waals surface area (Å²) in [4.78, 5) is 34.5. The highest BCUT2D eigenvalue weighted by Crippen LogP contribution is 2.45. The molecule has 0 aromatic heterocycles. The molecule has 29 heavy (non-hydrogen) atoms. The van der Waals surface area contributed by atoms with E-state index in [1.165, 1.54) is 4.90 Å². The molecule has 1 aliphatic carbocycles. The van der Waals surface area contributed by atoms with Gasteiger partial charge in [-0.1, -0.05) is 6.42 Å². The zero-order valence-corrected chi connectivity index (χ0v) is 16.5. The molecule has 7 atom stereocenters. The maximum absolute atomic E-state index is 12.3. The van der Waals surface area contributed by atoms with Gasteiger partial charge in [-0.2, -0.15) is 0 Å². The minimum atomic E-state index is -1.63. The summed E-state index contributed by atoms with van der Waals surface area (Å²) in [6.45, 7) is 0.749. The summed E-state index contributed by atoms with van der Waals surface area (Å²) in [6.07, 6.45) is 5.47. The van der Waals surface area contributed by atoms with Crippen LogP contribution in [0.4, 0.5) is 0 Å². The van der Waals surface area contributed by atoms with Crippen molar-refractivity contribution in [1.82, 2.24) is 10.2 Å². The third-order valence-electron chi connectivity index (χ3n) is 5.22. The Bertz CT molecular complexity index is 609. The van der Waals surface area contributed by atoms with Gasteiger partial charge >= 0.3 is 5.97 Å². The second kappa shape index (κ2) is 11.8. The second-order valence-corrected chi connectivity index (χ2v) is 7.12. The Labute approximate surface area is 170 Å². The van der Waals surface area contributed by atoms with Gasteiger partial charge in [0.1, 0.15) is 24.4 Å². The van der Waals surface area contributed by atoms with Crippen LogP contribution < -0.4 is 11.1 Å². The number of likely N-dealkylation sites (tertiary alicyclic amines) is 1. The Morgan fingerprint density at radius 3 is 2.31 bits per heavy atom. The molecule has 0 aromatic rings. The second-order valence-electron chi connectivity index (χ2n) is 7.12. The number of aliphatic carboxylic acids is 1. The van der Waals surface area contributed by atoms with E-state index in [0.717, 1.165) is 32.1 Å². The number of unbranched alkanes of at least 4 members (excludes halogenated alkanes) is 3. The maximum atomic E-state index is 12.3. The molecule has 1 aliphatic heterocycles. The van der Waals surface area contributed by atoms with Crippen LogP contribution in [0.2, 0.25) is 0 Å². The van der Waals surface area contributed by atoms with Crippen LogP contribution >= 0.6 is 0 Å². The first-order valence-electron chi connectivity index (χ1n) is 9.62. The topological polar surface area (TPSA) is 173 Å². The van der Waals surface area contributed by atoms with Gasteiger partial charge in [-0.25, -0.2) is 0 Å². The van der Waals surface area contributed by atoms with E-state index in [9.17, 15) is 29.7 Å². The number of nitrogens with one attached hydrogen (secondary N) is 1. The van der Waals surface area contributed by atoms with Crippen molar-refractivity contribution in [1.29, 1.82) is 0 Å². The summed E-state index contributed by atoms with van der Waals surface area (Å²) < 4.78 is 0. The van der Waals surface area contributed by atoms with Gasteiger partial charge in [0.2, 0.25) is 5.91 Å². The molecule has 164 valence electrons. The van der Waals surface area contributed by atoms with E-state index < -0.39 is 54.2 Å².